The van der Waals surface area contributed by atoms with Crippen molar-refractivity contribution in [2.45, 2.75) is 70.3 Å². The summed E-state index contributed by atoms with van der Waals surface area (Å²) in [6.45, 7) is 1.18. The lowest BCUT2D eigenvalue weighted by atomic mass is 9.71. The Balaban J connectivity index is 1.98. The molecule has 0 radical (unpaired) electrons. The average molecular weight is 282 g/mol. The average Bonchev–Trinajstić information content (AvgIpc) is 2.99. The van der Waals surface area contributed by atoms with E-state index in [1.54, 1.807) is 0 Å². The van der Waals surface area contributed by atoms with Gasteiger partial charge in [-0.15, -0.1) is 0 Å². The van der Waals surface area contributed by atoms with E-state index in [-0.39, 0.29) is 17.9 Å². The summed E-state index contributed by atoms with van der Waals surface area (Å²) >= 11 is 0. The maximum absolute atomic E-state index is 12.7. The molecule has 0 heterocycles. The molecule has 4 nitrogen and oxygen atoms in total. The van der Waals surface area contributed by atoms with Crippen LogP contribution in [0.1, 0.15) is 64.2 Å². The third-order valence-corrected chi connectivity index (χ3v) is 5.30. The topological polar surface area (TPSA) is 66.6 Å². The van der Waals surface area contributed by atoms with Gasteiger partial charge in [-0.25, -0.2) is 0 Å². The van der Waals surface area contributed by atoms with Gasteiger partial charge in [0.1, 0.15) is 0 Å². The summed E-state index contributed by atoms with van der Waals surface area (Å²) in [5.74, 6) is 0.221. The summed E-state index contributed by atoms with van der Waals surface area (Å²) in [4.78, 5) is 14.7. The fourth-order valence-electron chi connectivity index (χ4n) is 4.01. The van der Waals surface area contributed by atoms with Crippen LogP contribution in [0.2, 0.25) is 0 Å². The summed E-state index contributed by atoms with van der Waals surface area (Å²) in [6.07, 6.45) is 11.1. The highest BCUT2D eigenvalue weighted by atomic mass is 16.3. The van der Waals surface area contributed by atoms with Crippen LogP contribution in [0.25, 0.3) is 0 Å². The molecule has 2 saturated carbocycles. The molecule has 0 spiro atoms. The monoisotopic (exact) mass is 282 g/mol. The van der Waals surface area contributed by atoms with E-state index < -0.39 is 0 Å². The van der Waals surface area contributed by atoms with Crippen LogP contribution in [0.5, 0.6) is 0 Å². The lowest BCUT2D eigenvalue weighted by molar-refractivity contribution is -0.137. The second kappa shape index (κ2) is 7.41. The number of carbonyl (C=O) groups is 1. The minimum absolute atomic E-state index is 0.0294. The van der Waals surface area contributed by atoms with Crippen molar-refractivity contribution < 1.29 is 9.90 Å². The molecule has 20 heavy (non-hydrogen) atoms. The normalized spacial score (nSPS) is 22.9. The molecule has 0 unspecified atom stereocenters. The van der Waals surface area contributed by atoms with Gasteiger partial charge in [-0.1, -0.05) is 32.1 Å². The Bertz CT molecular complexity index is 308. The molecule has 116 valence electrons. The van der Waals surface area contributed by atoms with Gasteiger partial charge in [-0.05, 0) is 37.6 Å². The SMILES string of the molecule is NCC1(CC(=O)N(CCO)C2CCCC2)CCCCC1. The Hall–Kier alpha value is -0.610. The van der Waals surface area contributed by atoms with Crippen molar-refractivity contribution in [3.8, 4) is 0 Å². The van der Waals surface area contributed by atoms with E-state index >= 15 is 0 Å². The van der Waals surface area contributed by atoms with Crippen molar-refractivity contribution in [1.29, 1.82) is 0 Å². The van der Waals surface area contributed by atoms with Crippen LogP contribution < -0.4 is 5.73 Å². The number of amides is 1. The second-order valence-corrected chi connectivity index (χ2v) is 6.69. The van der Waals surface area contributed by atoms with Crippen LogP contribution in [-0.2, 0) is 4.79 Å². The Labute approximate surface area is 122 Å². The molecule has 0 aromatic rings. The van der Waals surface area contributed by atoms with Crippen molar-refractivity contribution >= 4 is 5.91 Å². The highest BCUT2D eigenvalue weighted by Crippen LogP contribution is 2.39. The van der Waals surface area contributed by atoms with Gasteiger partial charge in [0.2, 0.25) is 5.91 Å². The van der Waals surface area contributed by atoms with Gasteiger partial charge in [0.05, 0.1) is 6.61 Å². The highest BCUT2D eigenvalue weighted by Gasteiger charge is 2.36. The Morgan fingerprint density at radius 3 is 2.35 bits per heavy atom. The predicted molar refractivity (Wildman–Crippen MR) is 80.2 cm³/mol. The summed E-state index contributed by atoms with van der Waals surface area (Å²) in [6, 6.07) is 0.355. The van der Waals surface area contributed by atoms with E-state index in [1.807, 2.05) is 4.90 Å². The summed E-state index contributed by atoms with van der Waals surface area (Å²) in [5, 5.41) is 9.25. The number of aliphatic hydroxyl groups excluding tert-OH is 1. The number of nitrogens with two attached hydrogens (primary N) is 1. The first kappa shape index (κ1) is 15.8. The lowest BCUT2D eigenvalue weighted by Gasteiger charge is -2.38. The molecule has 1 amide bonds. The third-order valence-electron chi connectivity index (χ3n) is 5.30. The van der Waals surface area contributed by atoms with E-state index in [4.69, 9.17) is 5.73 Å². The molecular formula is C16H30N2O2. The molecule has 2 aliphatic carbocycles. The van der Waals surface area contributed by atoms with E-state index in [1.165, 1.54) is 32.1 Å². The van der Waals surface area contributed by atoms with Crippen molar-refractivity contribution in [3.63, 3.8) is 0 Å². The first-order valence-corrected chi connectivity index (χ1v) is 8.31. The molecular weight excluding hydrogens is 252 g/mol. The minimum atomic E-state index is 0.0294. The number of rotatable bonds is 6. The number of nitrogens with zero attached hydrogens (tertiary/aromatic N) is 1. The molecule has 2 rings (SSSR count). The van der Waals surface area contributed by atoms with Gasteiger partial charge in [0, 0.05) is 19.0 Å². The zero-order valence-corrected chi connectivity index (χ0v) is 12.6. The van der Waals surface area contributed by atoms with Gasteiger partial charge in [0.25, 0.3) is 0 Å². The van der Waals surface area contributed by atoms with Crippen LogP contribution in [0.3, 0.4) is 0 Å². The maximum atomic E-state index is 12.7. The van der Waals surface area contributed by atoms with Crippen molar-refractivity contribution in [1.82, 2.24) is 4.90 Å². The molecule has 0 saturated heterocycles. The van der Waals surface area contributed by atoms with E-state index in [2.05, 4.69) is 0 Å². The number of carbonyl (C=O) groups excluding carboxylic acids is 1. The van der Waals surface area contributed by atoms with E-state index in [9.17, 15) is 9.90 Å². The molecule has 0 aliphatic heterocycles. The molecule has 0 aromatic heterocycles. The number of aliphatic hydroxyl groups is 1. The summed E-state index contributed by atoms with van der Waals surface area (Å²) < 4.78 is 0. The minimum Gasteiger partial charge on any atom is -0.395 e. The highest BCUT2D eigenvalue weighted by molar-refractivity contribution is 5.77. The maximum Gasteiger partial charge on any atom is 0.223 e. The van der Waals surface area contributed by atoms with Crippen LogP contribution in [0.15, 0.2) is 0 Å². The van der Waals surface area contributed by atoms with E-state index in [0.29, 0.717) is 25.6 Å². The van der Waals surface area contributed by atoms with Crippen LogP contribution in [0, 0.1) is 5.41 Å². The van der Waals surface area contributed by atoms with Gasteiger partial charge in [-0.3, -0.25) is 4.79 Å². The first-order valence-electron chi connectivity index (χ1n) is 8.31. The van der Waals surface area contributed by atoms with Crippen molar-refractivity contribution in [2.24, 2.45) is 11.1 Å². The Kier molecular flexibility index (Phi) is 5.85. The molecule has 0 atom stereocenters. The van der Waals surface area contributed by atoms with Gasteiger partial charge >= 0.3 is 0 Å². The van der Waals surface area contributed by atoms with Crippen molar-refractivity contribution in [2.75, 3.05) is 19.7 Å². The summed E-state index contributed by atoms with van der Waals surface area (Å²) in [5.41, 5.74) is 6.02. The Morgan fingerprint density at radius 1 is 1.15 bits per heavy atom. The quantitative estimate of drug-likeness (QED) is 0.783. The standard InChI is InChI=1S/C16H30N2O2/c17-13-16(8-4-1-5-9-16)12-15(20)18(10-11-19)14-6-2-3-7-14/h14,19H,1-13,17H2. The van der Waals surface area contributed by atoms with E-state index in [0.717, 1.165) is 25.7 Å². The summed E-state index contributed by atoms with van der Waals surface area (Å²) in [7, 11) is 0. The molecule has 2 fully saturated rings. The largest absolute Gasteiger partial charge is 0.395 e. The van der Waals surface area contributed by atoms with Crippen LogP contribution in [-0.4, -0.2) is 41.7 Å². The van der Waals surface area contributed by atoms with Gasteiger partial charge in [0.15, 0.2) is 0 Å². The first-order chi connectivity index (χ1) is 9.71. The number of hydrogen-bond donors (Lipinski definition) is 2. The van der Waals surface area contributed by atoms with Gasteiger partial charge < -0.3 is 15.7 Å². The Morgan fingerprint density at radius 2 is 1.80 bits per heavy atom. The molecule has 2 aliphatic rings. The predicted octanol–water partition coefficient (Wildman–Crippen LogP) is 2.05. The fraction of sp³-hybridized carbons (Fsp3) is 0.938. The molecule has 0 aromatic carbocycles. The van der Waals surface area contributed by atoms with Gasteiger partial charge in [-0.2, -0.15) is 0 Å². The fourth-order valence-corrected chi connectivity index (χ4v) is 4.01. The van der Waals surface area contributed by atoms with Crippen molar-refractivity contribution in [3.05, 3.63) is 0 Å². The lowest BCUT2D eigenvalue weighted by Crippen LogP contribution is -2.45. The zero-order chi connectivity index (χ0) is 14.4. The van der Waals surface area contributed by atoms with Crippen LogP contribution in [0.4, 0.5) is 0 Å². The number of hydrogen-bond acceptors (Lipinski definition) is 3. The molecule has 3 N–H and O–H groups in total. The van der Waals surface area contributed by atoms with Crippen LogP contribution >= 0.6 is 0 Å². The second-order valence-electron chi connectivity index (χ2n) is 6.69. The smallest absolute Gasteiger partial charge is 0.223 e. The molecule has 0 bridgehead atoms. The third kappa shape index (κ3) is 3.73. The molecule has 4 heteroatoms. The zero-order valence-electron chi connectivity index (χ0n) is 12.6.